The van der Waals surface area contributed by atoms with E-state index in [2.05, 4.69) is 15.3 Å². The van der Waals surface area contributed by atoms with Crippen LogP contribution in [0.2, 0.25) is 0 Å². The van der Waals surface area contributed by atoms with Gasteiger partial charge in [-0.25, -0.2) is 0 Å². The number of hydrogen-bond acceptors (Lipinski definition) is 6. The van der Waals surface area contributed by atoms with Crippen LogP contribution < -0.4 is 14.9 Å². The van der Waals surface area contributed by atoms with Crippen LogP contribution in [0, 0.1) is 22.7 Å². The van der Waals surface area contributed by atoms with Gasteiger partial charge >= 0.3 is 6.18 Å². The minimum Gasteiger partial charge on any atom is -0.496 e. The van der Waals surface area contributed by atoms with E-state index in [0.717, 1.165) is 13.2 Å². The first-order chi connectivity index (χ1) is 9.87. The predicted octanol–water partition coefficient (Wildman–Crippen LogP) is 2.54. The monoisotopic (exact) mass is 298 g/mol. The second-order valence-electron chi connectivity index (χ2n) is 3.55. The van der Waals surface area contributed by atoms with Gasteiger partial charge in [0.05, 0.1) is 25.5 Å². The number of ether oxygens (including phenoxy) is 2. The molecule has 1 aromatic rings. The topological polar surface area (TPSA) is 90.4 Å². The van der Waals surface area contributed by atoms with Crippen LogP contribution in [0.4, 0.5) is 18.9 Å². The molecule has 0 radical (unpaired) electrons. The SMILES string of the molecule is COc1cc(OC)c(C(F)(F)F)cc1NN=C(C#N)C#N. The molecule has 1 N–H and O–H groups in total. The molecule has 110 valence electrons. The first-order valence-corrected chi connectivity index (χ1v) is 5.34. The van der Waals surface area contributed by atoms with Crippen molar-refractivity contribution in [2.45, 2.75) is 6.18 Å². The van der Waals surface area contributed by atoms with Crippen molar-refractivity contribution >= 4 is 11.4 Å². The first kappa shape index (κ1) is 16.1. The van der Waals surface area contributed by atoms with E-state index in [0.29, 0.717) is 6.07 Å². The van der Waals surface area contributed by atoms with Gasteiger partial charge in [-0.2, -0.15) is 28.8 Å². The lowest BCUT2D eigenvalue weighted by atomic mass is 10.1. The molecule has 0 aromatic heterocycles. The Bertz CT molecular complexity index is 626. The van der Waals surface area contributed by atoms with E-state index in [1.165, 1.54) is 19.2 Å². The van der Waals surface area contributed by atoms with Crippen LogP contribution in [0.1, 0.15) is 5.56 Å². The number of nitrogens with zero attached hydrogens (tertiary/aromatic N) is 3. The summed E-state index contributed by atoms with van der Waals surface area (Å²) in [5.74, 6) is -0.409. The molecule has 1 rings (SSSR count). The molecule has 0 atom stereocenters. The maximum Gasteiger partial charge on any atom is 0.420 e. The average molecular weight is 298 g/mol. The van der Waals surface area contributed by atoms with E-state index in [1.54, 1.807) is 0 Å². The molecule has 0 fully saturated rings. The quantitative estimate of drug-likeness (QED) is 0.681. The Labute approximate surface area is 118 Å². The van der Waals surface area contributed by atoms with Crippen LogP contribution in [0.25, 0.3) is 0 Å². The van der Waals surface area contributed by atoms with Gasteiger partial charge in [-0.1, -0.05) is 0 Å². The van der Waals surface area contributed by atoms with E-state index in [4.69, 9.17) is 15.3 Å². The number of benzene rings is 1. The Morgan fingerprint density at radius 1 is 1.14 bits per heavy atom. The highest BCUT2D eigenvalue weighted by molar-refractivity contribution is 6.10. The highest BCUT2D eigenvalue weighted by atomic mass is 19.4. The number of rotatable bonds is 4. The number of nitriles is 2. The van der Waals surface area contributed by atoms with Crippen molar-refractivity contribution in [1.29, 1.82) is 10.5 Å². The van der Waals surface area contributed by atoms with Crippen molar-refractivity contribution in [2.75, 3.05) is 19.6 Å². The Balaban J connectivity index is 3.35. The van der Waals surface area contributed by atoms with Gasteiger partial charge in [0.2, 0.25) is 5.71 Å². The highest BCUT2D eigenvalue weighted by Gasteiger charge is 2.35. The molecule has 0 aliphatic rings. The average Bonchev–Trinajstić information content (AvgIpc) is 2.46. The van der Waals surface area contributed by atoms with Crippen molar-refractivity contribution in [2.24, 2.45) is 5.10 Å². The van der Waals surface area contributed by atoms with E-state index < -0.39 is 23.2 Å². The standard InChI is InChI=1S/C12H9F3N4O2/c1-20-10-4-11(21-2)9(3-8(10)12(13,14)15)19-18-7(5-16)6-17/h3-4,19H,1-2H3. The summed E-state index contributed by atoms with van der Waals surface area (Å²) in [5, 5.41) is 20.4. The fourth-order valence-corrected chi connectivity index (χ4v) is 1.40. The fraction of sp³-hybridized carbons (Fsp3) is 0.250. The molecule has 0 saturated carbocycles. The number of anilines is 1. The van der Waals surface area contributed by atoms with E-state index >= 15 is 0 Å². The molecule has 9 heteroatoms. The first-order valence-electron chi connectivity index (χ1n) is 5.34. The maximum atomic E-state index is 12.9. The Morgan fingerprint density at radius 2 is 1.71 bits per heavy atom. The van der Waals surface area contributed by atoms with Gasteiger partial charge in [0.25, 0.3) is 0 Å². The number of methoxy groups -OCH3 is 2. The maximum absolute atomic E-state index is 12.9. The summed E-state index contributed by atoms with van der Waals surface area (Å²) in [6, 6.07) is 4.67. The van der Waals surface area contributed by atoms with Gasteiger partial charge < -0.3 is 9.47 Å². The molecule has 0 spiro atoms. The summed E-state index contributed by atoms with van der Waals surface area (Å²) >= 11 is 0. The molecular weight excluding hydrogens is 289 g/mol. The van der Waals surface area contributed by atoms with Crippen LogP contribution in [0.15, 0.2) is 17.2 Å². The van der Waals surface area contributed by atoms with Gasteiger partial charge in [-0.15, -0.1) is 0 Å². The Hall–Kier alpha value is -2.94. The molecule has 0 aliphatic carbocycles. The van der Waals surface area contributed by atoms with Crippen LogP contribution in [-0.4, -0.2) is 19.9 Å². The summed E-state index contributed by atoms with van der Waals surface area (Å²) in [6.45, 7) is 0. The molecule has 21 heavy (non-hydrogen) atoms. The third kappa shape index (κ3) is 3.76. The van der Waals surface area contributed by atoms with Crippen molar-refractivity contribution in [3.05, 3.63) is 17.7 Å². The molecule has 1 aromatic carbocycles. The fourth-order valence-electron chi connectivity index (χ4n) is 1.40. The summed E-state index contributed by atoms with van der Waals surface area (Å²) < 4.78 is 48.3. The second kappa shape index (κ2) is 6.48. The molecule has 0 aliphatic heterocycles. The highest BCUT2D eigenvalue weighted by Crippen LogP contribution is 2.41. The number of alkyl halides is 3. The van der Waals surface area contributed by atoms with Crippen LogP contribution in [0.5, 0.6) is 11.5 Å². The molecule has 6 nitrogen and oxygen atoms in total. The summed E-state index contributed by atoms with van der Waals surface area (Å²) in [7, 11) is 2.34. The molecule has 0 unspecified atom stereocenters. The predicted molar refractivity (Wildman–Crippen MR) is 66.8 cm³/mol. The Morgan fingerprint density at radius 3 is 2.14 bits per heavy atom. The molecule has 0 heterocycles. The minimum absolute atomic E-state index is 0.0128. The molecule has 0 bridgehead atoms. The van der Waals surface area contributed by atoms with Gasteiger partial charge in [-0.05, 0) is 6.07 Å². The van der Waals surface area contributed by atoms with E-state index in [1.807, 2.05) is 0 Å². The number of hydrogen-bond donors (Lipinski definition) is 1. The van der Waals surface area contributed by atoms with Gasteiger partial charge in [0.15, 0.2) is 0 Å². The van der Waals surface area contributed by atoms with Crippen LogP contribution in [0.3, 0.4) is 0 Å². The van der Waals surface area contributed by atoms with Crippen LogP contribution in [-0.2, 0) is 6.18 Å². The second-order valence-corrected chi connectivity index (χ2v) is 3.55. The van der Waals surface area contributed by atoms with E-state index in [-0.39, 0.29) is 11.4 Å². The van der Waals surface area contributed by atoms with Crippen molar-refractivity contribution in [3.8, 4) is 23.6 Å². The largest absolute Gasteiger partial charge is 0.496 e. The number of hydrazone groups is 1. The molecular formula is C12H9F3N4O2. The zero-order valence-electron chi connectivity index (χ0n) is 10.9. The zero-order chi connectivity index (χ0) is 16.0. The van der Waals surface area contributed by atoms with Crippen molar-refractivity contribution in [1.82, 2.24) is 0 Å². The van der Waals surface area contributed by atoms with Crippen molar-refractivity contribution < 1.29 is 22.6 Å². The number of nitrogens with one attached hydrogen (secondary N) is 1. The zero-order valence-corrected chi connectivity index (χ0v) is 10.9. The van der Waals surface area contributed by atoms with Gasteiger partial charge in [0.1, 0.15) is 23.6 Å². The lowest BCUT2D eigenvalue weighted by Gasteiger charge is -2.16. The third-order valence-corrected chi connectivity index (χ3v) is 2.33. The molecule has 0 amide bonds. The van der Waals surface area contributed by atoms with E-state index in [9.17, 15) is 13.2 Å². The Kier molecular flexibility index (Phi) is 4.97. The molecule has 0 saturated heterocycles. The third-order valence-electron chi connectivity index (χ3n) is 2.33. The van der Waals surface area contributed by atoms with Gasteiger partial charge in [-0.3, -0.25) is 5.43 Å². The summed E-state index contributed by atoms with van der Waals surface area (Å²) in [4.78, 5) is 0. The lowest BCUT2D eigenvalue weighted by molar-refractivity contribution is -0.138. The smallest absolute Gasteiger partial charge is 0.420 e. The lowest BCUT2D eigenvalue weighted by Crippen LogP contribution is -2.09. The normalized spacial score (nSPS) is 10.0. The van der Waals surface area contributed by atoms with Crippen LogP contribution >= 0.6 is 0 Å². The summed E-state index contributed by atoms with van der Waals surface area (Å²) in [5.41, 5.74) is 0.451. The number of halogens is 3. The summed E-state index contributed by atoms with van der Waals surface area (Å²) in [6.07, 6.45) is -4.65. The minimum atomic E-state index is -4.65. The van der Waals surface area contributed by atoms with Gasteiger partial charge in [0, 0.05) is 6.07 Å². The van der Waals surface area contributed by atoms with Crippen molar-refractivity contribution in [3.63, 3.8) is 0 Å².